The van der Waals surface area contributed by atoms with Crippen LogP contribution >= 0.6 is 11.8 Å². The lowest BCUT2D eigenvalue weighted by Gasteiger charge is -2.06. The Bertz CT molecular complexity index is 975. The van der Waals surface area contributed by atoms with E-state index in [1.807, 2.05) is 12.1 Å². The first-order valence-corrected chi connectivity index (χ1v) is 7.86. The first kappa shape index (κ1) is 13.3. The minimum atomic E-state index is 0.572. The van der Waals surface area contributed by atoms with Crippen molar-refractivity contribution in [2.24, 2.45) is 0 Å². The zero-order valence-corrected chi connectivity index (χ0v) is 13.0. The predicted molar refractivity (Wildman–Crippen MR) is 83.8 cm³/mol. The summed E-state index contributed by atoms with van der Waals surface area (Å²) in [6, 6.07) is 10.3. The summed E-state index contributed by atoms with van der Waals surface area (Å²) in [6.07, 6.45) is 0. The number of aromatic nitrogens is 5. The molecule has 0 atom stereocenters. The molecule has 22 heavy (non-hydrogen) atoms. The van der Waals surface area contributed by atoms with Gasteiger partial charge in [0, 0.05) is 12.3 Å². The number of thioether (sulfide) groups is 1. The molecule has 0 radical (unpaired) electrons. The Hall–Kier alpha value is -2.41. The number of aryl methyl sites for hydroxylation is 2. The second-order valence-electron chi connectivity index (χ2n) is 5.02. The average molecular weight is 311 g/mol. The van der Waals surface area contributed by atoms with E-state index in [4.69, 9.17) is 4.42 Å². The smallest absolute Gasteiger partial charge is 0.226 e. The maximum absolute atomic E-state index is 5.40. The van der Waals surface area contributed by atoms with Gasteiger partial charge in [-0.15, -0.1) is 20.4 Å². The number of hydrogen-bond acceptors (Lipinski definition) is 6. The zero-order chi connectivity index (χ0) is 15.1. The van der Waals surface area contributed by atoms with Crippen molar-refractivity contribution in [3.8, 4) is 0 Å². The highest BCUT2D eigenvalue weighted by atomic mass is 32.2. The average Bonchev–Trinajstić information content (AvgIpc) is 3.12. The molecule has 6 nitrogen and oxygen atoms in total. The normalized spacial score (nSPS) is 11.5. The maximum atomic E-state index is 5.40. The van der Waals surface area contributed by atoms with Crippen molar-refractivity contribution in [2.75, 3.05) is 0 Å². The summed E-state index contributed by atoms with van der Waals surface area (Å²) in [5.74, 6) is 1.74. The van der Waals surface area contributed by atoms with Crippen LogP contribution in [-0.4, -0.2) is 24.8 Å². The lowest BCUT2D eigenvalue weighted by Crippen LogP contribution is -1.93. The van der Waals surface area contributed by atoms with Crippen LogP contribution in [-0.2, 0) is 5.75 Å². The van der Waals surface area contributed by atoms with Crippen LogP contribution in [0.3, 0.4) is 0 Å². The van der Waals surface area contributed by atoms with Gasteiger partial charge in [0.05, 0.1) is 11.3 Å². The molecular weight excluding hydrogens is 298 g/mol. The lowest BCUT2D eigenvalue weighted by atomic mass is 10.1. The summed E-state index contributed by atoms with van der Waals surface area (Å²) in [5, 5.41) is 18.4. The van der Waals surface area contributed by atoms with Crippen molar-refractivity contribution in [1.29, 1.82) is 0 Å². The monoisotopic (exact) mass is 311 g/mol. The Kier molecular flexibility index (Phi) is 3.07. The van der Waals surface area contributed by atoms with Crippen molar-refractivity contribution < 1.29 is 4.42 Å². The van der Waals surface area contributed by atoms with Crippen molar-refractivity contribution in [3.63, 3.8) is 0 Å². The van der Waals surface area contributed by atoms with E-state index in [0.717, 1.165) is 16.3 Å². The Morgan fingerprint density at radius 1 is 1.09 bits per heavy atom. The topological polar surface area (TPSA) is 69.1 Å². The number of pyridine rings is 1. The molecule has 0 aliphatic heterocycles. The second-order valence-corrected chi connectivity index (χ2v) is 5.97. The number of fused-ring (bicyclic) bond motifs is 3. The molecular formula is C15H13N5OS. The summed E-state index contributed by atoms with van der Waals surface area (Å²) in [6.45, 7) is 3.87. The molecule has 7 heteroatoms. The Morgan fingerprint density at radius 2 is 1.95 bits per heavy atom. The van der Waals surface area contributed by atoms with Gasteiger partial charge in [0.25, 0.3) is 0 Å². The van der Waals surface area contributed by atoms with Gasteiger partial charge >= 0.3 is 0 Å². The van der Waals surface area contributed by atoms with Gasteiger partial charge in [0.2, 0.25) is 11.8 Å². The van der Waals surface area contributed by atoms with Crippen LogP contribution in [0.4, 0.5) is 0 Å². The fraction of sp³-hybridized carbons (Fsp3) is 0.200. The zero-order valence-electron chi connectivity index (χ0n) is 12.1. The van der Waals surface area contributed by atoms with E-state index >= 15 is 0 Å². The second kappa shape index (κ2) is 5.10. The molecule has 0 aliphatic carbocycles. The summed E-state index contributed by atoms with van der Waals surface area (Å²) in [5.41, 5.74) is 3.15. The van der Waals surface area contributed by atoms with Gasteiger partial charge in [0.1, 0.15) is 0 Å². The third kappa shape index (κ3) is 2.14. The molecule has 3 heterocycles. The molecule has 0 saturated heterocycles. The van der Waals surface area contributed by atoms with Crippen molar-refractivity contribution in [2.45, 2.75) is 24.8 Å². The van der Waals surface area contributed by atoms with Gasteiger partial charge in [-0.05, 0) is 24.6 Å². The molecule has 0 N–H and O–H groups in total. The van der Waals surface area contributed by atoms with E-state index in [9.17, 15) is 0 Å². The van der Waals surface area contributed by atoms with Crippen LogP contribution < -0.4 is 0 Å². The van der Waals surface area contributed by atoms with Crippen molar-refractivity contribution >= 4 is 28.3 Å². The van der Waals surface area contributed by atoms with E-state index in [2.05, 4.69) is 49.9 Å². The molecule has 4 aromatic rings. The summed E-state index contributed by atoms with van der Waals surface area (Å²) in [7, 11) is 0. The highest BCUT2D eigenvalue weighted by Gasteiger charge is 2.12. The molecule has 110 valence electrons. The minimum Gasteiger partial charge on any atom is -0.425 e. The maximum Gasteiger partial charge on any atom is 0.226 e. The Balaban J connectivity index is 1.79. The van der Waals surface area contributed by atoms with Crippen molar-refractivity contribution in [1.82, 2.24) is 24.8 Å². The molecule has 0 bridgehead atoms. The van der Waals surface area contributed by atoms with E-state index in [-0.39, 0.29) is 0 Å². The standard InChI is InChI=1S/C15H13N5OS/c1-9-7-13-17-19-15(22-8-14-18-16-10(2)21-14)20(13)12-6-4-3-5-11(9)12/h3-7H,8H2,1-2H3. The van der Waals surface area contributed by atoms with Crippen LogP contribution in [0.15, 0.2) is 39.9 Å². The predicted octanol–water partition coefficient (Wildman–Crippen LogP) is 3.17. The minimum absolute atomic E-state index is 0.572. The third-order valence-corrected chi connectivity index (χ3v) is 4.38. The van der Waals surface area contributed by atoms with Gasteiger partial charge in [0.15, 0.2) is 10.8 Å². The van der Waals surface area contributed by atoms with Crippen LogP contribution in [0.1, 0.15) is 17.3 Å². The van der Waals surface area contributed by atoms with Crippen LogP contribution in [0.2, 0.25) is 0 Å². The lowest BCUT2D eigenvalue weighted by molar-refractivity contribution is 0.485. The summed E-state index contributed by atoms with van der Waals surface area (Å²) in [4.78, 5) is 0. The molecule has 0 spiro atoms. The van der Waals surface area contributed by atoms with Gasteiger partial charge in [-0.25, -0.2) is 0 Å². The molecule has 4 rings (SSSR count). The number of para-hydroxylation sites is 1. The fourth-order valence-electron chi connectivity index (χ4n) is 2.49. The molecule has 1 aromatic carbocycles. The fourth-order valence-corrected chi connectivity index (χ4v) is 3.28. The molecule has 0 aliphatic rings. The summed E-state index contributed by atoms with van der Waals surface area (Å²) >= 11 is 1.54. The molecule has 3 aromatic heterocycles. The Morgan fingerprint density at radius 3 is 2.77 bits per heavy atom. The van der Waals surface area contributed by atoms with Crippen LogP contribution in [0.5, 0.6) is 0 Å². The number of rotatable bonds is 3. The van der Waals surface area contributed by atoms with Gasteiger partial charge in [-0.1, -0.05) is 30.0 Å². The SMILES string of the molecule is Cc1nnc(CSc2nnc3cc(C)c4ccccc4n23)o1. The van der Waals surface area contributed by atoms with E-state index in [1.165, 1.54) is 22.7 Å². The molecule has 0 saturated carbocycles. The summed E-state index contributed by atoms with van der Waals surface area (Å²) < 4.78 is 7.47. The van der Waals surface area contributed by atoms with E-state index in [0.29, 0.717) is 17.5 Å². The third-order valence-electron chi connectivity index (χ3n) is 3.47. The molecule has 0 amide bonds. The molecule has 0 unspecified atom stereocenters. The quantitative estimate of drug-likeness (QED) is 0.541. The van der Waals surface area contributed by atoms with Crippen LogP contribution in [0.25, 0.3) is 16.6 Å². The van der Waals surface area contributed by atoms with Gasteiger partial charge in [-0.3, -0.25) is 4.40 Å². The highest BCUT2D eigenvalue weighted by Crippen LogP contribution is 2.27. The number of benzene rings is 1. The largest absolute Gasteiger partial charge is 0.425 e. The van der Waals surface area contributed by atoms with E-state index in [1.54, 1.807) is 6.92 Å². The van der Waals surface area contributed by atoms with Gasteiger partial charge < -0.3 is 4.42 Å². The first-order chi connectivity index (χ1) is 10.7. The van der Waals surface area contributed by atoms with Gasteiger partial charge in [-0.2, -0.15) is 0 Å². The Labute approximate surface area is 130 Å². The van der Waals surface area contributed by atoms with E-state index < -0.39 is 0 Å². The molecule has 0 fully saturated rings. The number of hydrogen-bond donors (Lipinski definition) is 0. The van der Waals surface area contributed by atoms with Crippen LogP contribution in [0, 0.1) is 13.8 Å². The number of nitrogens with zero attached hydrogens (tertiary/aromatic N) is 5. The van der Waals surface area contributed by atoms with Crippen molar-refractivity contribution in [3.05, 3.63) is 47.7 Å². The first-order valence-electron chi connectivity index (χ1n) is 6.87. The highest BCUT2D eigenvalue weighted by molar-refractivity contribution is 7.98.